The van der Waals surface area contributed by atoms with Crippen LogP contribution >= 0.6 is 0 Å². The summed E-state index contributed by atoms with van der Waals surface area (Å²) < 4.78 is 15.6. The van der Waals surface area contributed by atoms with Crippen LogP contribution in [-0.2, 0) is 9.53 Å². The molecular formula is C13H19N3O4. The van der Waals surface area contributed by atoms with Crippen LogP contribution in [0.5, 0.6) is 11.9 Å². The average molecular weight is 281 g/mol. The van der Waals surface area contributed by atoms with E-state index >= 15 is 0 Å². The van der Waals surface area contributed by atoms with E-state index in [2.05, 4.69) is 9.97 Å². The predicted octanol–water partition coefficient (Wildman–Crippen LogP) is 0.501. The van der Waals surface area contributed by atoms with Gasteiger partial charge >= 0.3 is 6.01 Å². The van der Waals surface area contributed by atoms with Crippen molar-refractivity contribution in [3.05, 3.63) is 12.3 Å². The largest absolute Gasteiger partial charge is 0.474 e. The molecule has 1 fully saturated rings. The minimum absolute atomic E-state index is 0.0228. The zero-order valence-electron chi connectivity index (χ0n) is 11.7. The number of aromatic nitrogens is 2. The highest BCUT2D eigenvalue weighted by atomic mass is 16.5. The highest BCUT2D eigenvalue weighted by molar-refractivity contribution is 5.77. The fourth-order valence-electron chi connectivity index (χ4n) is 2.10. The highest BCUT2D eigenvalue weighted by Gasteiger charge is 2.24. The Kier molecular flexibility index (Phi) is 5.11. The second-order valence-electron chi connectivity index (χ2n) is 4.51. The second kappa shape index (κ2) is 7.04. The van der Waals surface area contributed by atoms with Gasteiger partial charge in [-0.1, -0.05) is 0 Å². The molecule has 0 aromatic carbocycles. The standard InChI is InChI=1S/C13H19N3O4/c1-18-9-12(17)16-7-4-10(5-8-16)20-11-3-6-14-13(15-11)19-2/h3,6,10H,4-5,7-9H2,1-2H3. The Hall–Kier alpha value is -1.89. The molecular weight excluding hydrogens is 262 g/mol. The molecule has 1 aliphatic heterocycles. The van der Waals surface area contributed by atoms with Gasteiger partial charge in [0, 0.05) is 45.3 Å². The van der Waals surface area contributed by atoms with E-state index in [1.807, 2.05) is 0 Å². The van der Waals surface area contributed by atoms with Crippen LogP contribution in [0.3, 0.4) is 0 Å². The maximum Gasteiger partial charge on any atom is 0.319 e. The maximum absolute atomic E-state index is 11.7. The van der Waals surface area contributed by atoms with Gasteiger partial charge in [-0.15, -0.1) is 0 Å². The molecule has 1 amide bonds. The van der Waals surface area contributed by atoms with Crippen molar-refractivity contribution in [1.29, 1.82) is 0 Å². The van der Waals surface area contributed by atoms with Gasteiger partial charge in [-0.3, -0.25) is 4.79 Å². The summed E-state index contributed by atoms with van der Waals surface area (Å²) in [7, 11) is 3.04. The number of ether oxygens (including phenoxy) is 3. The van der Waals surface area contributed by atoms with E-state index in [1.54, 1.807) is 17.2 Å². The molecule has 0 aliphatic carbocycles. The predicted molar refractivity (Wildman–Crippen MR) is 70.7 cm³/mol. The molecule has 7 nitrogen and oxygen atoms in total. The van der Waals surface area contributed by atoms with Crippen molar-refractivity contribution < 1.29 is 19.0 Å². The van der Waals surface area contributed by atoms with E-state index in [4.69, 9.17) is 14.2 Å². The van der Waals surface area contributed by atoms with Gasteiger partial charge in [0.05, 0.1) is 7.11 Å². The number of methoxy groups -OCH3 is 2. The number of likely N-dealkylation sites (tertiary alicyclic amines) is 1. The van der Waals surface area contributed by atoms with Gasteiger partial charge in [-0.2, -0.15) is 4.98 Å². The van der Waals surface area contributed by atoms with E-state index in [-0.39, 0.29) is 24.6 Å². The van der Waals surface area contributed by atoms with Crippen molar-refractivity contribution in [2.45, 2.75) is 18.9 Å². The minimum Gasteiger partial charge on any atom is -0.474 e. The van der Waals surface area contributed by atoms with Crippen molar-refractivity contribution >= 4 is 5.91 Å². The first-order valence-corrected chi connectivity index (χ1v) is 6.53. The summed E-state index contributed by atoms with van der Waals surface area (Å²) in [6.45, 7) is 1.48. The van der Waals surface area contributed by atoms with Crippen LogP contribution in [-0.4, -0.2) is 60.8 Å². The number of carbonyl (C=O) groups is 1. The molecule has 1 aromatic heterocycles. The number of hydrogen-bond donors (Lipinski definition) is 0. The van der Waals surface area contributed by atoms with Crippen molar-refractivity contribution in [3.8, 4) is 11.9 Å². The van der Waals surface area contributed by atoms with Gasteiger partial charge in [0.25, 0.3) is 0 Å². The van der Waals surface area contributed by atoms with Crippen LogP contribution in [0.15, 0.2) is 12.3 Å². The third-order valence-electron chi connectivity index (χ3n) is 3.14. The van der Waals surface area contributed by atoms with Crippen molar-refractivity contribution in [3.63, 3.8) is 0 Å². The topological polar surface area (TPSA) is 73.8 Å². The Morgan fingerprint density at radius 2 is 2.15 bits per heavy atom. The van der Waals surface area contributed by atoms with Gasteiger partial charge in [-0.25, -0.2) is 4.98 Å². The molecule has 0 radical (unpaired) electrons. The van der Waals surface area contributed by atoms with Crippen LogP contribution < -0.4 is 9.47 Å². The maximum atomic E-state index is 11.7. The Bertz CT molecular complexity index is 447. The summed E-state index contributed by atoms with van der Waals surface area (Å²) in [5.74, 6) is 0.521. The molecule has 1 aromatic rings. The van der Waals surface area contributed by atoms with Crippen molar-refractivity contribution in [1.82, 2.24) is 14.9 Å². The summed E-state index contributed by atoms with van der Waals surface area (Å²) in [5.41, 5.74) is 0. The first-order chi connectivity index (χ1) is 9.72. The lowest BCUT2D eigenvalue weighted by Crippen LogP contribution is -2.43. The minimum atomic E-state index is 0.0228. The third-order valence-corrected chi connectivity index (χ3v) is 3.14. The molecule has 1 aliphatic rings. The molecule has 0 spiro atoms. The van der Waals surface area contributed by atoms with E-state index in [0.29, 0.717) is 19.0 Å². The van der Waals surface area contributed by atoms with Gasteiger partial charge in [0.2, 0.25) is 11.8 Å². The molecule has 2 heterocycles. The summed E-state index contributed by atoms with van der Waals surface area (Å²) in [5, 5.41) is 0. The molecule has 20 heavy (non-hydrogen) atoms. The Morgan fingerprint density at radius 1 is 1.40 bits per heavy atom. The lowest BCUT2D eigenvalue weighted by Gasteiger charge is -2.31. The Balaban J connectivity index is 1.83. The van der Waals surface area contributed by atoms with Gasteiger partial charge in [0.1, 0.15) is 12.7 Å². The second-order valence-corrected chi connectivity index (χ2v) is 4.51. The summed E-state index contributed by atoms with van der Waals surface area (Å²) in [6.07, 6.45) is 3.21. The van der Waals surface area contributed by atoms with Gasteiger partial charge in [-0.05, 0) is 0 Å². The number of nitrogens with zero attached hydrogens (tertiary/aromatic N) is 3. The monoisotopic (exact) mass is 281 g/mol. The number of carbonyl (C=O) groups excluding carboxylic acids is 1. The zero-order chi connectivity index (χ0) is 14.4. The van der Waals surface area contributed by atoms with Crippen molar-refractivity contribution in [2.24, 2.45) is 0 Å². The van der Waals surface area contributed by atoms with Crippen molar-refractivity contribution in [2.75, 3.05) is 33.9 Å². The normalized spacial score (nSPS) is 16.0. The summed E-state index contributed by atoms with van der Waals surface area (Å²) >= 11 is 0. The molecule has 0 unspecified atom stereocenters. The molecule has 0 saturated carbocycles. The first-order valence-electron chi connectivity index (χ1n) is 6.53. The Morgan fingerprint density at radius 3 is 2.80 bits per heavy atom. The lowest BCUT2D eigenvalue weighted by atomic mass is 10.1. The summed E-state index contributed by atoms with van der Waals surface area (Å²) in [6, 6.07) is 1.99. The van der Waals surface area contributed by atoms with Crippen LogP contribution in [0.25, 0.3) is 0 Å². The molecule has 1 saturated heterocycles. The fraction of sp³-hybridized carbons (Fsp3) is 0.615. The van der Waals surface area contributed by atoms with E-state index in [0.717, 1.165) is 12.8 Å². The van der Waals surface area contributed by atoms with Crippen LogP contribution in [0.1, 0.15) is 12.8 Å². The van der Waals surface area contributed by atoms with E-state index < -0.39 is 0 Å². The van der Waals surface area contributed by atoms with E-state index in [9.17, 15) is 4.79 Å². The SMILES string of the molecule is COCC(=O)N1CCC(Oc2ccnc(OC)n2)CC1. The number of amides is 1. The lowest BCUT2D eigenvalue weighted by molar-refractivity contribution is -0.136. The first kappa shape index (κ1) is 14.5. The van der Waals surface area contributed by atoms with Gasteiger partial charge < -0.3 is 19.1 Å². The number of rotatable bonds is 5. The number of piperidine rings is 1. The molecule has 0 N–H and O–H groups in total. The molecule has 0 atom stereocenters. The fourth-order valence-corrected chi connectivity index (χ4v) is 2.10. The van der Waals surface area contributed by atoms with Crippen LogP contribution in [0, 0.1) is 0 Å². The quantitative estimate of drug-likeness (QED) is 0.782. The van der Waals surface area contributed by atoms with E-state index in [1.165, 1.54) is 14.2 Å². The third kappa shape index (κ3) is 3.80. The molecule has 110 valence electrons. The zero-order valence-corrected chi connectivity index (χ0v) is 11.7. The van der Waals surface area contributed by atoms with Crippen LogP contribution in [0.2, 0.25) is 0 Å². The highest BCUT2D eigenvalue weighted by Crippen LogP contribution is 2.18. The van der Waals surface area contributed by atoms with Crippen LogP contribution in [0.4, 0.5) is 0 Å². The van der Waals surface area contributed by atoms with Gasteiger partial charge in [0.15, 0.2) is 0 Å². The molecule has 0 bridgehead atoms. The number of hydrogen-bond acceptors (Lipinski definition) is 6. The molecule has 2 rings (SSSR count). The smallest absolute Gasteiger partial charge is 0.319 e. The molecule has 7 heteroatoms. The summed E-state index contributed by atoms with van der Waals surface area (Å²) in [4.78, 5) is 21.5. The Labute approximate surface area is 117 Å². The average Bonchev–Trinajstić information content (AvgIpc) is 2.48.